The van der Waals surface area contributed by atoms with Crippen LogP contribution in [0.1, 0.15) is 22.5 Å². The van der Waals surface area contributed by atoms with Gasteiger partial charge in [0.05, 0.1) is 9.58 Å². The fourth-order valence-corrected chi connectivity index (χ4v) is 5.26. The number of hydrogen-bond donors (Lipinski definition) is 2. The second-order valence-electron chi connectivity index (χ2n) is 5.40. The predicted octanol–water partition coefficient (Wildman–Crippen LogP) is 4.02. The van der Waals surface area contributed by atoms with Crippen LogP contribution in [0, 0.1) is 0 Å². The standard InChI is InChI=1S/C16H16N2OS2.ClH/c19-16(18-10-5-7-17-8-6-10)14-9-13-15(21-14)11-3-1-2-4-12(11)20-13;/h1-4,9-10,17H,5-8H2,(H,18,19);1H. The summed E-state index contributed by atoms with van der Waals surface area (Å²) in [6.07, 6.45) is 2.04. The van der Waals surface area contributed by atoms with Gasteiger partial charge in [0.15, 0.2) is 0 Å². The van der Waals surface area contributed by atoms with Crippen molar-refractivity contribution in [3.8, 4) is 0 Å². The lowest BCUT2D eigenvalue weighted by molar-refractivity contribution is 0.0934. The van der Waals surface area contributed by atoms with Gasteiger partial charge in [0.1, 0.15) is 0 Å². The molecule has 1 aliphatic heterocycles. The molecule has 0 aliphatic carbocycles. The number of fused-ring (bicyclic) bond motifs is 3. The van der Waals surface area contributed by atoms with Crippen LogP contribution in [0.15, 0.2) is 30.3 Å². The molecule has 3 heterocycles. The van der Waals surface area contributed by atoms with E-state index in [2.05, 4.69) is 34.9 Å². The summed E-state index contributed by atoms with van der Waals surface area (Å²) in [4.78, 5) is 13.2. The van der Waals surface area contributed by atoms with Crippen LogP contribution in [-0.2, 0) is 0 Å². The van der Waals surface area contributed by atoms with Gasteiger partial charge in [-0.3, -0.25) is 4.79 Å². The lowest BCUT2D eigenvalue weighted by atomic mass is 10.1. The topological polar surface area (TPSA) is 41.1 Å². The highest BCUT2D eigenvalue weighted by molar-refractivity contribution is 7.33. The number of benzene rings is 1. The molecule has 0 bridgehead atoms. The van der Waals surface area contributed by atoms with Crippen LogP contribution < -0.4 is 10.6 Å². The van der Waals surface area contributed by atoms with Crippen LogP contribution in [-0.4, -0.2) is 25.0 Å². The Kier molecular flexibility index (Phi) is 4.68. The summed E-state index contributed by atoms with van der Waals surface area (Å²) >= 11 is 3.38. The molecule has 3 nitrogen and oxygen atoms in total. The zero-order valence-electron chi connectivity index (χ0n) is 11.9. The average molecular weight is 353 g/mol. The Morgan fingerprint density at radius 2 is 1.91 bits per heavy atom. The Morgan fingerprint density at radius 3 is 2.73 bits per heavy atom. The van der Waals surface area contributed by atoms with Gasteiger partial charge in [-0.15, -0.1) is 35.1 Å². The number of rotatable bonds is 2. The average Bonchev–Trinajstić information content (AvgIpc) is 3.06. The number of amides is 1. The van der Waals surface area contributed by atoms with Gasteiger partial charge in [-0.2, -0.15) is 0 Å². The number of halogens is 1. The minimum Gasteiger partial charge on any atom is -0.349 e. The molecule has 4 rings (SSSR count). The Labute approximate surface area is 143 Å². The summed E-state index contributed by atoms with van der Waals surface area (Å²) < 4.78 is 3.76. The largest absolute Gasteiger partial charge is 0.349 e. The van der Waals surface area contributed by atoms with E-state index in [1.807, 2.05) is 6.07 Å². The summed E-state index contributed by atoms with van der Waals surface area (Å²) in [6, 6.07) is 10.8. The van der Waals surface area contributed by atoms with Gasteiger partial charge in [-0.1, -0.05) is 18.2 Å². The Balaban J connectivity index is 0.00000144. The normalized spacial score (nSPS) is 15.8. The fourth-order valence-electron chi connectivity index (χ4n) is 2.83. The van der Waals surface area contributed by atoms with Crippen LogP contribution in [0.2, 0.25) is 0 Å². The van der Waals surface area contributed by atoms with Crippen molar-refractivity contribution in [2.75, 3.05) is 13.1 Å². The van der Waals surface area contributed by atoms with Crippen LogP contribution in [0.4, 0.5) is 0 Å². The first-order valence-corrected chi connectivity index (χ1v) is 8.87. The van der Waals surface area contributed by atoms with Crippen molar-refractivity contribution in [2.45, 2.75) is 18.9 Å². The summed E-state index contributed by atoms with van der Waals surface area (Å²) in [5.41, 5.74) is 0. The molecule has 1 fully saturated rings. The first kappa shape index (κ1) is 15.7. The number of carbonyl (C=O) groups excluding carboxylic acids is 1. The molecule has 1 amide bonds. The maximum atomic E-state index is 12.4. The van der Waals surface area contributed by atoms with Crippen molar-refractivity contribution in [1.82, 2.24) is 10.6 Å². The van der Waals surface area contributed by atoms with E-state index in [1.165, 1.54) is 19.5 Å². The summed E-state index contributed by atoms with van der Waals surface area (Å²) in [7, 11) is 0. The molecular formula is C16H17ClN2OS2. The van der Waals surface area contributed by atoms with E-state index in [4.69, 9.17) is 0 Å². The van der Waals surface area contributed by atoms with E-state index in [0.29, 0.717) is 6.04 Å². The quantitative estimate of drug-likeness (QED) is 0.731. The van der Waals surface area contributed by atoms with E-state index in [9.17, 15) is 4.79 Å². The van der Waals surface area contributed by atoms with Crippen LogP contribution in [0.3, 0.4) is 0 Å². The first-order chi connectivity index (χ1) is 10.3. The highest BCUT2D eigenvalue weighted by Gasteiger charge is 2.19. The number of carbonyl (C=O) groups is 1. The van der Waals surface area contributed by atoms with Gasteiger partial charge in [0, 0.05) is 20.8 Å². The maximum Gasteiger partial charge on any atom is 0.261 e. The number of hydrogen-bond acceptors (Lipinski definition) is 4. The van der Waals surface area contributed by atoms with E-state index in [0.717, 1.165) is 30.8 Å². The molecule has 0 radical (unpaired) electrons. The van der Waals surface area contributed by atoms with Crippen molar-refractivity contribution in [3.05, 3.63) is 35.2 Å². The summed E-state index contributed by atoms with van der Waals surface area (Å²) in [5, 5.41) is 7.76. The molecule has 2 aromatic heterocycles. The molecule has 2 N–H and O–H groups in total. The Hall–Kier alpha value is -1.14. The molecule has 3 aromatic rings. The second kappa shape index (κ2) is 6.54. The number of thiophene rings is 2. The molecule has 1 saturated heterocycles. The zero-order valence-corrected chi connectivity index (χ0v) is 14.4. The molecule has 1 aliphatic rings. The van der Waals surface area contributed by atoms with Gasteiger partial charge in [0.2, 0.25) is 0 Å². The van der Waals surface area contributed by atoms with Crippen LogP contribution >= 0.6 is 35.1 Å². The van der Waals surface area contributed by atoms with Crippen LogP contribution in [0.25, 0.3) is 19.5 Å². The smallest absolute Gasteiger partial charge is 0.261 e. The van der Waals surface area contributed by atoms with Gasteiger partial charge in [0.25, 0.3) is 5.91 Å². The maximum absolute atomic E-state index is 12.4. The van der Waals surface area contributed by atoms with Gasteiger partial charge in [-0.05, 0) is 38.1 Å². The lowest BCUT2D eigenvalue weighted by Crippen LogP contribution is -2.42. The zero-order chi connectivity index (χ0) is 14.2. The minimum atomic E-state index is 0. The van der Waals surface area contributed by atoms with E-state index in [-0.39, 0.29) is 18.3 Å². The first-order valence-electron chi connectivity index (χ1n) is 7.24. The summed E-state index contributed by atoms with van der Waals surface area (Å²) in [5.74, 6) is 0.0828. The molecule has 6 heteroatoms. The molecule has 0 saturated carbocycles. The van der Waals surface area contributed by atoms with Crippen molar-refractivity contribution >= 4 is 60.5 Å². The molecule has 0 unspecified atom stereocenters. The van der Waals surface area contributed by atoms with Crippen molar-refractivity contribution < 1.29 is 4.79 Å². The lowest BCUT2D eigenvalue weighted by Gasteiger charge is -2.23. The van der Waals surface area contributed by atoms with Gasteiger partial charge < -0.3 is 10.6 Å². The third-order valence-corrected chi connectivity index (χ3v) is 6.36. The van der Waals surface area contributed by atoms with Crippen molar-refractivity contribution in [2.24, 2.45) is 0 Å². The van der Waals surface area contributed by atoms with Crippen LogP contribution in [0.5, 0.6) is 0 Å². The fraction of sp³-hybridized carbons (Fsp3) is 0.312. The third kappa shape index (κ3) is 2.86. The molecule has 0 atom stereocenters. The van der Waals surface area contributed by atoms with Gasteiger partial charge >= 0.3 is 0 Å². The highest BCUT2D eigenvalue weighted by atomic mass is 35.5. The van der Waals surface area contributed by atoms with Crippen molar-refractivity contribution in [1.29, 1.82) is 0 Å². The van der Waals surface area contributed by atoms with Crippen molar-refractivity contribution in [3.63, 3.8) is 0 Å². The molecule has 116 valence electrons. The van der Waals surface area contributed by atoms with E-state index < -0.39 is 0 Å². The van der Waals surface area contributed by atoms with Gasteiger partial charge in [-0.25, -0.2) is 0 Å². The van der Waals surface area contributed by atoms with E-state index >= 15 is 0 Å². The molecular weight excluding hydrogens is 336 g/mol. The molecule has 0 spiro atoms. The highest BCUT2D eigenvalue weighted by Crippen LogP contribution is 2.39. The van der Waals surface area contributed by atoms with E-state index in [1.54, 1.807) is 22.7 Å². The number of nitrogens with one attached hydrogen (secondary N) is 2. The minimum absolute atomic E-state index is 0. The monoisotopic (exact) mass is 352 g/mol. The Bertz CT molecular complexity index is 805. The SMILES string of the molecule is Cl.O=C(NC1CCNCC1)c1cc2sc3ccccc3c2s1. The summed E-state index contributed by atoms with van der Waals surface area (Å²) in [6.45, 7) is 1.99. The molecule has 1 aromatic carbocycles. The number of piperidine rings is 1. The third-order valence-electron chi connectivity index (χ3n) is 3.95. The second-order valence-corrected chi connectivity index (χ2v) is 7.54. The predicted molar refractivity (Wildman–Crippen MR) is 97.8 cm³/mol. The molecule has 22 heavy (non-hydrogen) atoms. The Morgan fingerprint density at radius 1 is 1.14 bits per heavy atom.